The molecule has 6 N–H and O–H groups in total. The molecule has 1 saturated heterocycles. The van der Waals surface area contributed by atoms with Crippen molar-refractivity contribution in [3.63, 3.8) is 0 Å². The molecule has 1 aliphatic rings. The van der Waals surface area contributed by atoms with Crippen molar-refractivity contribution in [3.05, 3.63) is 29.8 Å². The Bertz CT molecular complexity index is 1010. The largest absolute Gasteiger partial charge is 0.497 e. The zero-order valence-corrected chi connectivity index (χ0v) is 28.8. The molecule has 1 fully saturated rings. The van der Waals surface area contributed by atoms with Gasteiger partial charge in [-0.05, 0) is 36.6 Å². The minimum atomic E-state index is -1.65. The average Bonchev–Trinajstić information content (AvgIpc) is 3.09. The van der Waals surface area contributed by atoms with Crippen molar-refractivity contribution >= 4 is 12.1 Å². The summed E-state index contributed by atoms with van der Waals surface area (Å²) in [5, 5.41) is 53.8. The van der Waals surface area contributed by atoms with E-state index in [4.69, 9.17) is 23.7 Å². The second kappa shape index (κ2) is 23.8. The number of ether oxygens (including phenoxy) is 5. The first-order valence-electron chi connectivity index (χ1n) is 17.5. The summed E-state index contributed by atoms with van der Waals surface area (Å²) in [4.78, 5) is 25.0. The Morgan fingerprint density at radius 3 is 2.00 bits per heavy atom. The number of nitrogens with one attached hydrogen (secondary N) is 1. The van der Waals surface area contributed by atoms with Crippen molar-refractivity contribution in [2.24, 2.45) is 5.92 Å². The number of esters is 1. The van der Waals surface area contributed by atoms with Gasteiger partial charge >= 0.3 is 12.1 Å². The molecule has 0 aromatic heterocycles. The molecular formula is C35H59NO12. The molecule has 0 aliphatic carbocycles. The first kappa shape index (κ1) is 41.7. The van der Waals surface area contributed by atoms with Crippen LogP contribution in [-0.4, -0.2) is 108 Å². The number of rotatable bonds is 24. The molecule has 8 atom stereocenters. The number of hydrogen-bond acceptors (Lipinski definition) is 12. The predicted octanol–water partition coefficient (Wildman–Crippen LogP) is 3.81. The summed E-state index contributed by atoms with van der Waals surface area (Å²) in [6.07, 6.45) is 5.65. The SMILES string of the molecule is CCCCCCCCCCCCCC[C@@H](C)[C@@H](O)[C@H](CO[C@H]1OC(CO)[C@H](O)[C@H](O)C1O)NC(=O)OCOC(=O)c1ccc(OC)cc1. The van der Waals surface area contributed by atoms with E-state index in [-0.39, 0.29) is 18.1 Å². The number of benzene rings is 1. The highest BCUT2D eigenvalue weighted by molar-refractivity contribution is 5.89. The van der Waals surface area contributed by atoms with Gasteiger partial charge < -0.3 is 54.5 Å². The number of unbranched alkanes of at least 4 members (excludes halogenated alkanes) is 11. The van der Waals surface area contributed by atoms with E-state index >= 15 is 0 Å². The van der Waals surface area contributed by atoms with Crippen LogP contribution in [0, 0.1) is 5.92 Å². The number of hydrogen-bond donors (Lipinski definition) is 6. The van der Waals surface area contributed by atoms with Crippen LogP contribution in [0.2, 0.25) is 0 Å². The van der Waals surface area contributed by atoms with Gasteiger partial charge in [0.2, 0.25) is 6.79 Å². The van der Waals surface area contributed by atoms with Gasteiger partial charge in [0, 0.05) is 0 Å². The van der Waals surface area contributed by atoms with Gasteiger partial charge in [-0.1, -0.05) is 90.9 Å². The Hall–Kier alpha value is -2.52. The summed E-state index contributed by atoms with van der Waals surface area (Å²) >= 11 is 0. The van der Waals surface area contributed by atoms with E-state index in [2.05, 4.69) is 12.2 Å². The highest BCUT2D eigenvalue weighted by Gasteiger charge is 2.44. The van der Waals surface area contributed by atoms with Crippen LogP contribution in [-0.2, 0) is 18.9 Å². The third-order valence-corrected chi connectivity index (χ3v) is 8.81. The molecule has 1 amide bonds. The van der Waals surface area contributed by atoms with Gasteiger partial charge in [-0.2, -0.15) is 0 Å². The Balaban J connectivity index is 1.86. The van der Waals surface area contributed by atoms with Crippen molar-refractivity contribution in [3.8, 4) is 5.75 Å². The molecule has 0 spiro atoms. The molecule has 1 heterocycles. The van der Waals surface area contributed by atoms with Crippen LogP contribution in [0.1, 0.15) is 108 Å². The lowest BCUT2D eigenvalue weighted by Gasteiger charge is -2.40. The van der Waals surface area contributed by atoms with Gasteiger partial charge in [-0.25, -0.2) is 9.59 Å². The first-order valence-corrected chi connectivity index (χ1v) is 17.5. The fourth-order valence-electron chi connectivity index (χ4n) is 5.64. The van der Waals surface area contributed by atoms with Crippen LogP contribution in [0.15, 0.2) is 24.3 Å². The van der Waals surface area contributed by atoms with Crippen molar-refractivity contribution in [1.29, 1.82) is 0 Å². The molecule has 0 saturated carbocycles. The van der Waals surface area contributed by atoms with Gasteiger partial charge in [0.25, 0.3) is 0 Å². The molecule has 1 aliphatic heterocycles. The Morgan fingerprint density at radius 1 is 0.854 bits per heavy atom. The maximum absolute atomic E-state index is 12.7. The molecule has 13 heteroatoms. The fourth-order valence-corrected chi connectivity index (χ4v) is 5.64. The smallest absolute Gasteiger partial charge is 0.410 e. The van der Waals surface area contributed by atoms with Crippen molar-refractivity contribution in [1.82, 2.24) is 5.32 Å². The van der Waals surface area contributed by atoms with Crippen LogP contribution < -0.4 is 10.1 Å². The molecule has 0 radical (unpaired) electrons. The molecular weight excluding hydrogens is 626 g/mol. The third kappa shape index (κ3) is 14.9. The zero-order valence-electron chi connectivity index (χ0n) is 28.8. The van der Waals surface area contributed by atoms with Crippen LogP contribution in [0.3, 0.4) is 0 Å². The maximum Gasteiger partial charge on any atom is 0.410 e. The van der Waals surface area contributed by atoms with E-state index < -0.39 is 68.3 Å². The molecule has 13 nitrogen and oxygen atoms in total. The van der Waals surface area contributed by atoms with Crippen LogP contribution in [0.25, 0.3) is 0 Å². The first-order chi connectivity index (χ1) is 23.1. The predicted molar refractivity (Wildman–Crippen MR) is 177 cm³/mol. The highest BCUT2D eigenvalue weighted by atomic mass is 16.7. The van der Waals surface area contributed by atoms with Crippen molar-refractivity contribution in [2.45, 2.75) is 140 Å². The van der Waals surface area contributed by atoms with E-state index in [1.807, 2.05) is 6.92 Å². The lowest BCUT2D eigenvalue weighted by Crippen LogP contribution is -2.60. The monoisotopic (exact) mass is 685 g/mol. The summed E-state index contributed by atoms with van der Waals surface area (Å²) in [6.45, 7) is 2.39. The molecule has 48 heavy (non-hydrogen) atoms. The standard InChI is InChI=1S/C35H59NO12/c1-4-5-6-7-8-9-10-11-12-13-14-15-16-24(2)29(38)27(22-45-34-32(41)31(40)30(39)28(21-37)48-34)36-35(43)47-23-46-33(42)25-17-19-26(44-3)20-18-25/h17-20,24,27-32,34,37-41H,4-16,21-23H2,1-3H3,(H,36,43)/t24-,27+,28?,29-,30+,31+,32?,34+/m1/s1. The molecule has 1 aromatic carbocycles. The van der Waals surface area contributed by atoms with E-state index in [0.29, 0.717) is 12.2 Å². The van der Waals surface area contributed by atoms with Crippen LogP contribution >= 0.6 is 0 Å². The maximum atomic E-state index is 12.7. The van der Waals surface area contributed by atoms with E-state index in [1.54, 1.807) is 12.1 Å². The average molecular weight is 686 g/mol. The molecule has 276 valence electrons. The highest BCUT2D eigenvalue weighted by Crippen LogP contribution is 2.24. The second-order valence-electron chi connectivity index (χ2n) is 12.6. The molecule has 0 bridgehead atoms. The minimum absolute atomic E-state index is 0.229. The fraction of sp³-hybridized carbons (Fsp3) is 0.771. The lowest BCUT2D eigenvalue weighted by atomic mass is 9.92. The van der Waals surface area contributed by atoms with Gasteiger partial charge in [0.05, 0.1) is 38.0 Å². The molecule has 1 aromatic rings. The number of carbonyl (C=O) groups excluding carboxylic acids is 2. The van der Waals surface area contributed by atoms with Gasteiger partial charge in [0.1, 0.15) is 30.2 Å². The normalized spacial score (nSPS) is 22.8. The summed E-state index contributed by atoms with van der Waals surface area (Å²) in [6, 6.07) is 5.13. The number of carbonyl (C=O) groups is 2. The Kier molecular flexibility index (Phi) is 20.6. The Morgan fingerprint density at radius 2 is 1.44 bits per heavy atom. The second-order valence-corrected chi connectivity index (χ2v) is 12.6. The third-order valence-electron chi connectivity index (χ3n) is 8.81. The Labute approximate surface area is 284 Å². The molecule has 2 unspecified atom stereocenters. The summed E-state index contributed by atoms with van der Waals surface area (Å²) in [5.41, 5.74) is 0.229. The summed E-state index contributed by atoms with van der Waals surface area (Å²) in [7, 11) is 1.50. The number of amides is 1. The van der Waals surface area contributed by atoms with E-state index in [0.717, 1.165) is 19.3 Å². The number of alkyl carbamates (subject to hydrolysis) is 1. The van der Waals surface area contributed by atoms with Crippen molar-refractivity contribution in [2.75, 3.05) is 27.1 Å². The minimum Gasteiger partial charge on any atom is -0.497 e. The van der Waals surface area contributed by atoms with Crippen LogP contribution in [0.4, 0.5) is 4.79 Å². The van der Waals surface area contributed by atoms with E-state index in [9.17, 15) is 35.1 Å². The number of methoxy groups -OCH3 is 1. The zero-order chi connectivity index (χ0) is 35.3. The van der Waals surface area contributed by atoms with Gasteiger partial charge in [-0.15, -0.1) is 0 Å². The van der Waals surface area contributed by atoms with Crippen molar-refractivity contribution < 1.29 is 58.8 Å². The lowest BCUT2D eigenvalue weighted by molar-refractivity contribution is -0.303. The van der Waals surface area contributed by atoms with E-state index in [1.165, 1.54) is 77.0 Å². The quantitative estimate of drug-likeness (QED) is 0.0525. The number of aliphatic hydroxyl groups excluding tert-OH is 5. The number of aliphatic hydroxyl groups is 5. The summed E-state index contributed by atoms with van der Waals surface area (Å²) in [5.74, 6) is -0.417. The topological polar surface area (TPSA) is 193 Å². The van der Waals surface area contributed by atoms with Gasteiger partial charge in [-0.3, -0.25) is 0 Å². The van der Waals surface area contributed by atoms with Crippen LogP contribution in [0.5, 0.6) is 5.75 Å². The molecule has 2 rings (SSSR count). The van der Waals surface area contributed by atoms with Gasteiger partial charge in [0.15, 0.2) is 6.29 Å². The summed E-state index contributed by atoms with van der Waals surface area (Å²) < 4.78 is 26.1.